The topological polar surface area (TPSA) is 76.0 Å². The van der Waals surface area contributed by atoms with Crippen LogP contribution in [0.1, 0.15) is 28.0 Å². The van der Waals surface area contributed by atoms with Crippen molar-refractivity contribution in [3.63, 3.8) is 0 Å². The molecule has 0 aliphatic rings. The normalized spacial score (nSPS) is 11.3. The standard InChI is InChI=1S/C19H17F3N4O2S/c1-12-10-16(24-17(27)6-8-23-18(28)13-7-9-29-11-13)26(25-12)15-5-3-2-4-14(15)19(20,21)22/h2-5,7,9-11H,6,8H2,1H3,(H,23,28)(H,24,27). The molecule has 0 aliphatic carbocycles. The van der Waals surface area contributed by atoms with Crippen LogP contribution in [0.15, 0.2) is 47.2 Å². The van der Waals surface area contributed by atoms with Crippen molar-refractivity contribution in [1.82, 2.24) is 15.1 Å². The molecule has 0 atom stereocenters. The monoisotopic (exact) mass is 422 g/mol. The van der Waals surface area contributed by atoms with Crippen LogP contribution in [0.2, 0.25) is 0 Å². The third-order valence-electron chi connectivity index (χ3n) is 3.96. The number of rotatable bonds is 6. The molecule has 0 aliphatic heterocycles. The van der Waals surface area contributed by atoms with Gasteiger partial charge in [0.15, 0.2) is 0 Å². The van der Waals surface area contributed by atoms with Crippen LogP contribution in [-0.2, 0) is 11.0 Å². The summed E-state index contributed by atoms with van der Waals surface area (Å²) in [6, 6.07) is 8.14. The molecule has 152 valence electrons. The average molecular weight is 422 g/mol. The second-order valence-electron chi connectivity index (χ2n) is 6.16. The second kappa shape index (κ2) is 8.48. The summed E-state index contributed by atoms with van der Waals surface area (Å²) in [5, 5.41) is 12.7. The summed E-state index contributed by atoms with van der Waals surface area (Å²) in [7, 11) is 0. The molecular weight excluding hydrogens is 405 g/mol. The molecule has 0 unspecified atom stereocenters. The molecule has 0 saturated carbocycles. The number of thiophene rings is 1. The number of carbonyl (C=O) groups is 2. The zero-order valence-electron chi connectivity index (χ0n) is 15.3. The number of aromatic nitrogens is 2. The maximum atomic E-state index is 13.3. The van der Waals surface area contributed by atoms with Crippen LogP contribution in [0.5, 0.6) is 0 Å². The minimum Gasteiger partial charge on any atom is -0.351 e. The average Bonchev–Trinajstić information content (AvgIpc) is 3.31. The molecule has 3 rings (SSSR count). The van der Waals surface area contributed by atoms with E-state index in [2.05, 4.69) is 15.7 Å². The Labute approximate surface area is 168 Å². The second-order valence-corrected chi connectivity index (χ2v) is 6.94. The fourth-order valence-corrected chi connectivity index (χ4v) is 3.30. The van der Waals surface area contributed by atoms with Gasteiger partial charge in [-0.3, -0.25) is 9.59 Å². The summed E-state index contributed by atoms with van der Waals surface area (Å²) >= 11 is 1.38. The number of benzene rings is 1. The van der Waals surface area contributed by atoms with Gasteiger partial charge in [0, 0.05) is 30.0 Å². The molecular formula is C19H17F3N4O2S. The van der Waals surface area contributed by atoms with E-state index in [1.165, 1.54) is 35.6 Å². The minimum absolute atomic E-state index is 0.0407. The fourth-order valence-electron chi connectivity index (χ4n) is 2.66. The molecule has 0 spiro atoms. The zero-order valence-corrected chi connectivity index (χ0v) is 16.1. The van der Waals surface area contributed by atoms with Crippen molar-refractivity contribution in [2.24, 2.45) is 0 Å². The van der Waals surface area contributed by atoms with Gasteiger partial charge in [0.25, 0.3) is 5.91 Å². The molecule has 6 nitrogen and oxygen atoms in total. The highest BCUT2D eigenvalue weighted by molar-refractivity contribution is 7.08. The number of halogens is 3. The molecule has 1 aromatic carbocycles. The number of nitrogens with one attached hydrogen (secondary N) is 2. The lowest BCUT2D eigenvalue weighted by atomic mass is 10.1. The molecule has 0 bridgehead atoms. The van der Waals surface area contributed by atoms with Crippen LogP contribution in [0.4, 0.5) is 19.0 Å². The van der Waals surface area contributed by atoms with Gasteiger partial charge in [0.05, 0.1) is 16.9 Å². The van der Waals surface area contributed by atoms with E-state index < -0.39 is 17.6 Å². The van der Waals surface area contributed by atoms with Crippen LogP contribution >= 0.6 is 11.3 Å². The Hall–Kier alpha value is -3.14. The summed E-state index contributed by atoms with van der Waals surface area (Å²) in [6.45, 7) is 1.70. The summed E-state index contributed by atoms with van der Waals surface area (Å²) < 4.78 is 41.0. The van der Waals surface area contributed by atoms with Gasteiger partial charge in [0.1, 0.15) is 5.82 Å². The van der Waals surface area contributed by atoms with E-state index in [0.717, 1.165) is 10.7 Å². The summed E-state index contributed by atoms with van der Waals surface area (Å²) in [6.07, 6.45) is -4.61. The quantitative estimate of drug-likeness (QED) is 0.630. The van der Waals surface area contributed by atoms with E-state index in [4.69, 9.17) is 0 Å². The molecule has 0 saturated heterocycles. The summed E-state index contributed by atoms with van der Waals surface area (Å²) in [5.74, 6) is -0.631. The molecule has 0 radical (unpaired) electrons. The predicted molar refractivity (Wildman–Crippen MR) is 103 cm³/mol. The van der Waals surface area contributed by atoms with E-state index in [1.54, 1.807) is 23.8 Å². The highest BCUT2D eigenvalue weighted by atomic mass is 32.1. The smallest absolute Gasteiger partial charge is 0.351 e. The zero-order chi connectivity index (χ0) is 21.0. The largest absolute Gasteiger partial charge is 0.418 e. The Bertz CT molecular complexity index is 1010. The first-order valence-corrected chi connectivity index (χ1v) is 9.53. The van der Waals surface area contributed by atoms with Crippen molar-refractivity contribution < 1.29 is 22.8 Å². The molecule has 2 aromatic heterocycles. The van der Waals surface area contributed by atoms with Gasteiger partial charge in [-0.25, -0.2) is 4.68 Å². The highest BCUT2D eigenvalue weighted by Gasteiger charge is 2.34. The lowest BCUT2D eigenvalue weighted by molar-refractivity contribution is -0.137. The van der Waals surface area contributed by atoms with Crippen molar-refractivity contribution in [3.8, 4) is 5.69 Å². The van der Waals surface area contributed by atoms with Crippen LogP contribution in [0, 0.1) is 6.92 Å². The first kappa shape index (κ1) is 20.6. The van der Waals surface area contributed by atoms with Crippen molar-refractivity contribution in [2.45, 2.75) is 19.5 Å². The van der Waals surface area contributed by atoms with Gasteiger partial charge in [-0.05, 0) is 30.5 Å². The Balaban J connectivity index is 1.70. The number of anilines is 1. The number of alkyl halides is 3. The van der Waals surface area contributed by atoms with E-state index >= 15 is 0 Å². The first-order valence-electron chi connectivity index (χ1n) is 8.59. The number of hydrogen-bond acceptors (Lipinski definition) is 4. The SMILES string of the molecule is Cc1cc(NC(=O)CCNC(=O)c2ccsc2)n(-c2ccccc2C(F)(F)F)n1. The van der Waals surface area contributed by atoms with E-state index in [1.807, 2.05) is 0 Å². The number of carbonyl (C=O) groups excluding carboxylic acids is 2. The molecule has 3 aromatic rings. The van der Waals surface area contributed by atoms with Crippen LogP contribution < -0.4 is 10.6 Å². The van der Waals surface area contributed by atoms with Crippen LogP contribution in [0.25, 0.3) is 5.69 Å². The maximum Gasteiger partial charge on any atom is 0.418 e. The van der Waals surface area contributed by atoms with E-state index in [0.29, 0.717) is 11.3 Å². The van der Waals surface area contributed by atoms with Gasteiger partial charge in [-0.2, -0.15) is 29.6 Å². The van der Waals surface area contributed by atoms with E-state index in [9.17, 15) is 22.8 Å². The number of para-hydroxylation sites is 1. The number of nitrogens with zero attached hydrogens (tertiary/aromatic N) is 2. The number of amides is 2. The minimum atomic E-state index is -4.57. The van der Waals surface area contributed by atoms with Gasteiger partial charge < -0.3 is 10.6 Å². The Morgan fingerprint density at radius 1 is 1.21 bits per heavy atom. The lowest BCUT2D eigenvalue weighted by Gasteiger charge is -2.15. The van der Waals surface area contributed by atoms with Gasteiger partial charge in [-0.15, -0.1) is 0 Å². The fraction of sp³-hybridized carbons (Fsp3) is 0.211. The van der Waals surface area contributed by atoms with Crippen molar-refractivity contribution in [2.75, 3.05) is 11.9 Å². The molecule has 10 heteroatoms. The highest BCUT2D eigenvalue weighted by Crippen LogP contribution is 2.34. The number of hydrogen-bond donors (Lipinski definition) is 2. The van der Waals surface area contributed by atoms with Gasteiger partial charge in [0.2, 0.25) is 5.91 Å². The molecule has 0 fully saturated rings. The lowest BCUT2D eigenvalue weighted by Crippen LogP contribution is -2.27. The third kappa shape index (κ3) is 5.02. The molecule has 2 heterocycles. The van der Waals surface area contributed by atoms with Crippen LogP contribution in [-0.4, -0.2) is 28.1 Å². The van der Waals surface area contributed by atoms with E-state index in [-0.39, 0.29) is 30.4 Å². The van der Waals surface area contributed by atoms with Gasteiger partial charge >= 0.3 is 6.18 Å². The molecule has 2 N–H and O–H groups in total. The van der Waals surface area contributed by atoms with Crippen LogP contribution in [0.3, 0.4) is 0 Å². The maximum absolute atomic E-state index is 13.3. The van der Waals surface area contributed by atoms with Crippen molar-refractivity contribution >= 4 is 29.0 Å². The Morgan fingerprint density at radius 2 is 1.97 bits per heavy atom. The van der Waals surface area contributed by atoms with Crippen molar-refractivity contribution in [3.05, 3.63) is 64.0 Å². The van der Waals surface area contributed by atoms with Gasteiger partial charge in [-0.1, -0.05) is 12.1 Å². The Kier molecular flexibility index (Phi) is 6.02. The van der Waals surface area contributed by atoms with Crippen molar-refractivity contribution in [1.29, 1.82) is 0 Å². The summed E-state index contributed by atoms with van der Waals surface area (Å²) in [5.41, 5.74) is -0.0910. The molecule has 29 heavy (non-hydrogen) atoms. The third-order valence-corrected chi connectivity index (χ3v) is 4.64. The molecule has 2 amide bonds. The summed E-state index contributed by atoms with van der Waals surface area (Å²) in [4.78, 5) is 24.1. The Morgan fingerprint density at radius 3 is 2.66 bits per heavy atom. The first-order chi connectivity index (χ1) is 13.8. The number of aryl methyl sites for hydroxylation is 1. The predicted octanol–water partition coefficient (Wildman–Crippen LogP) is 4.02.